The highest BCUT2D eigenvalue weighted by molar-refractivity contribution is 9.10. The van der Waals surface area contributed by atoms with Crippen LogP contribution in [-0.2, 0) is 4.79 Å². The summed E-state index contributed by atoms with van der Waals surface area (Å²) >= 11 is 3.33. The van der Waals surface area contributed by atoms with Gasteiger partial charge in [0, 0.05) is 11.0 Å². The highest BCUT2D eigenvalue weighted by atomic mass is 79.9. The molecule has 1 aliphatic carbocycles. The van der Waals surface area contributed by atoms with E-state index in [1.54, 1.807) is 29.2 Å². The second kappa shape index (κ2) is 6.69. The van der Waals surface area contributed by atoms with Crippen LogP contribution in [0.4, 0.5) is 10.1 Å². The van der Waals surface area contributed by atoms with Gasteiger partial charge in [-0.1, -0.05) is 19.4 Å². The number of rotatable bonds is 5. The van der Waals surface area contributed by atoms with Gasteiger partial charge < -0.3 is 4.90 Å². The maximum Gasteiger partial charge on any atom is 0.266 e. The van der Waals surface area contributed by atoms with Crippen molar-refractivity contribution in [1.29, 1.82) is 0 Å². The molecule has 0 aliphatic heterocycles. The van der Waals surface area contributed by atoms with Gasteiger partial charge in [0.25, 0.3) is 5.91 Å². The number of nitrogens with zero attached hydrogens (tertiary/aromatic N) is 1. The molecule has 1 aromatic rings. The molecule has 4 heteroatoms. The Hall–Kier alpha value is -1.64. The summed E-state index contributed by atoms with van der Waals surface area (Å²) in [7, 11) is 0. The lowest BCUT2D eigenvalue weighted by atomic mass is 10.2. The Morgan fingerprint density at radius 3 is 2.85 bits per heavy atom. The quantitative estimate of drug-likeness (QED) is 0.731. The molecular formula is C16H15BrFNO. The molecule has 1 aliphatic rings. The first-order chi connectivity index (χ1) is 9.63. The van der Waals surface area contributed by atoms with Crippen molar-refractivity contribution in [2.45, 2.75) is 19.8 Å². The molecule has 0 unspecified atom stereocenters. The zero-order chi connectivity index (χ0) is 14.5. The Morgan fingerprint density at radius 2 is 2.25 bits per heavy atom. The minimum absolute atomic E-state index is 0.115. The van der Waals surface area contributed by atoms with Crippen molar-refractivity contribution in [3.63, 3.8) is 0 Å². The van der Waals surface area contributed by atoms with E-state index >= 15 is 0 Å². The Kier molecular flexibility index (Phi) is 4.94. The molecule has 0 saturated carbocycles. The van der Waals surface area contributed by atoms with E-state index in [1.165, 1.54) is 12.1 Å². The Labute approximate surface area is 126 Å². The number of allylic oxidation sites excluding steroid dienone is 1. The molecule has 0 atom stereocenters. The number of carbonyl (C=O) groups is 1. The van der Waals surface area contributed by atoms with Crippen LogP contribution in [0.2, 0.25) is 0 Å². The lowest BCUT2D eigenvalue weighted by Crippen LogP contribution is -2.32. The van der Waals surface area contributed by atoms with Crippen molar-refractivity contribution in [3.05, 3.63) is 58.0 Å². The maximum atomic E-state index is 13.2. The van der Waals surface area contributed by atoms with E-state index in [0.29, 0.717) is 22.3 Å². The molecule has 0 fully saturated rings. The lowest BCUT2D eigenvalue weighted by Gasteiger charge is -2.23. The molecule has 1 amide bonds. The smallest absolute Gasteiger partial charge is 0.266 e. The number of hydrogen-bond donors (Lipinski definition) is 0. The summed E-state index contributed by atoms with van der Waals surface area (Å²) < 4.78 is 13.8. The van der Waals surface area contributed by atoms with Gasteiger partial charge >= 0.3 is 0 Å². The molecule has 0 aromatic heterocycles. The third-order valence-corrected chi connectivity index (χ3v) is 3.64. The van der Waals surface area contributed by atoms with Crippen LogP contribution in [0, 0.1) is 5.82 Å². The highest BCUT2D eigenvalue weighted by Gasteiger charge is 2.20. The average molecular weight is 336 g/mol. The summed E-state index contributed by atoms with van der Waals surface area (Å²) in [6.45, 7) is 2.66. The first kappa shape index (κ1) is 14.8. The third kappa shape index (κ3) is 3.27. The third-order valence-electron chi connectivity index (χ3n) is 3.01. The number of anilines is 1. The van der Waals surface area contributed by atoms with Crippen molar-refractivity contribution in [1.82, 2.24) is 0 Å². The van der Waals surface area contributed by atoms with Crippen molar-refractivity contribution >= 4 is 27.5 Å². The van der Waals surface area contributed by atoms with E-state index in [0.717, 1.165) is 12.8 Å². The van der Waals surface area contributed by atoms with Gasteiger partial charge in [0.1, 0.15) is 5.82 Å². The van der Waals surface area contributed by atoms with Crippen molar-refractivity contribution in [2.24, 2.45) is 0 Å². The monoisotopic (exact) mass is 335 g/mol. The molecule has 0 saturated heterocycles. The topological polar surface area (TPSA) is 20.3 Å². The fourth-order valence-electron chi connectivity index (χ4n) is 1.96. The number of carbonyl (C=O) groups excluding carboxylic acids is 1. The summed E-state index contributed by atoms with van der Waals surface area (Å²) in [4.78, 5) is 14.2. The van der Waals surface area contributed by atoms with Crippen LogP contribution in [0.3, 0.4) is 0 Å². The van der Waals surface area contributed by atoms with Crippen LogP contribution in [0.5, 0.6) is 0 Å². The zero-order valence-electron chi connectivity index (χ0n) is 11.2. The van der Waals surface area contributed by atoms with Crippen molar-refractivity contribution in [3.8, 4) is 0 Å². The summed E-state index contributed by atoms with van der Waals surface area (Å²) in [5.74, 6) is -0.445. The van der Waals surface area contributed by atoms with E-state index in [1.807, 2.05) is 0 Å². The minimum atomic E-state index is -0.330. The fourth-order valence-corrected chi connectivity index (χ4v) is 2.52. The minimum Gasteiger partial charge on any atom is -0.307 e. The van der Waals surface area contributed by atoms with Crippen molar-refractivity contribution in [2.75, 3.05) is 11.4 Å². The van der Waals surface area contributed by atoms with E-state index in [4.69, 9.17) is 0 Å². The summed E-state index contributed by atoms with van der Waals surface area (Å²) in [6.07, 6.45) is 7.10. The predicted octanol–water partition coefficient (Wildman–Crippen LogP) is 4.37. The number of amides is 1. The highest BCUT2D eigenvalue weighted by Crippen LogP contribution is 2.28. The van der Waals surface area contributed by atoms with Gasteiger partial charge in [-0.3, -0.25) is 4.79 Å². The summed E-state index contributed by atoms with van der Waals surface area (Å²) in [5, 5.41) is 0. The van der Waals surface area contributed by atoms with Crippen LogP contribution in [0.25, 0.3) is 0 Å². The van der Waals surface area contributed by atoms with E-state index in [2.05, 4.69) is 28.6 Å². The van der Waals surface area contributed by atoms with Gasteiger partial charge in [-0.2, -0.15) is 0 Å². The number of hydrogen-bond acceptors (Lipinski definition) is 1. The second-order valence-corrected chi connectivity index (χ2v) is 5.34. The fraction of sp³-hybridized carbons (Fsp3) is 0.250. The maximum absolute atomic E-state index is 13.2. The van der Waals surface area contributed by atoms with Crippen LogP contribution in [0.1, 0.15) is 19.8 Å². The van der Waals surface area contributed by atoms with Gasteiger partial charge in [0.15, 0.2) is 0 Å². The summed E-state index contributed by atoms with van der Waals surface area (Å²) in [6, 6.07) is 4.35. The lowest BCUT2D eigenvalue weighted by molar-refractivity contribution is -0.114. The Balaban J connectivity index is 2.34. The molecule has 0 heterocycles. The molecule has 2 nitrogen and oxygen atoms in total. The normalized spacial score (nSPS) is 12.7. The summed E-state index contributed by atoms with van der Waals surface area (Å²) in [5.41, 5.74) is 4.12. The Bertz CT molecular complexity index is 615. The van der Waals surface area contributed by atoms with E-state index < -0.39 is 0 Å². The first-order valence-corrected chi connectivity index (χ1v) is 7.33. The largest absolute Gasteiger partial charge is 0.307 e. The predicted molar refractivity (Wildman–Crippen MR) is 82.1 cm³/mol. The van der Waals surface area contributed by atoms with Crippen LogP contribution in [0.15, 0.2) is 52.2 Å². The number of benzene rings is 1. The number of halogens is 2. The average Bonchev–Trinajstić information content (AvgIpc) is 2.94. The molecule has 20 heavy (non-hydrogen) atoms. The van der Waals surface area contributed by atoms with Gasteiger partial charge in [-0.15, -0.1) is 5.73 Å². The van der Waals surface area contributed by atoms with Gasteiger partial charge in [-0.05, 0) is 52.7 Å². The van der Waals surface area contributed by atoms with Gasteiger partial charge in [0.05, 0.1) is 11.3 Å². The van der Waals surface area contributed by atoms with Gasteiger partial charge in [0.2, 0.25) is 0 Å². The molecule has 0 N–H and O–H groups in total. The SMILES string of the molecule is CCCCN(C(=O)C1=C=CC=C1)c1ccc(F)cc1Br. The molecule has 0 bridgehead atoms. The molecule has 1 aromatic carbocycles. The zero-order valence-corrected chi connectivity index (χ0v) is 12.8. The molecule has 0 spiro atoms. The molecular weight excluding hydrogens is 321 g/mol. The van der Waals surface area contributed by atoms with Crippen LogP contribution >= 0.6 is 15.9 Å². The number of unbranched alkanes of at least 4 members (excludes halogenated alkanes) is 1. The second-order valence-electron chi connectivity index (χ2n) is 4.49. The van der Waals surface area contributed by atoms with E-state index in [-0.39, 0.29) is 11.7 Å². The molecule has 2 rings (SSSR count). The van der Waals surface area contributed by atoms with Crippen molar-refractivity contribution < 1.29 is 9.18 Å². The van der Waals surface area contributed by atoms with Crippen LogP contribution in [-0.4, -0.2) is 12.5 Å². The molecule has 104 valence electrons. The molecule has 0 radical (unpaired) electrons. The van der Waals surface area contributed by atoms with E-state index in [9.17, 15) is 9.18 Å². The van der Waals surface area contributed by atoms with Gasteiger partial charge in [-0.25, -0.2) is 4.39 Å². The first-order valence-electron chi connectivity index (χ1n) is 6.53. The standard InChI is InChI=1S/C16H15BrFNO/c1-2-3-10-19(16(20)12-6-4-5-7-12)15-9-8-13(18)11-14(15)17/h4-6,8-9,11H,2-3,10H2,1H3. The Morgan fingerprint density at radius 1 is 1.45 bits per heavy atom. The van der Waals surface area contributed by atoms with Crippen LogP contribution < -0.4 is 4.90 Å².